The van der Waals surface area contributed by atoms with E-state index in [1.54, 1.807) is 23.9 Å². The van der Waals surface area contributed by atoms with Crippen LogP contribution in [0.5, 0.6) is 0 Å². The molecule has 0 aliphatic carbocycles. The second-order valence-corrected chi connectivity index (χ2v) is 4.60. The highest BCUT2D eigenvalue weighted by atomic mass is 79.9. The fourth-order valence-corrected chi connectivity index (χ4v) is 1.88. The Labute approximate surface area is 106 Å². The minimum absolute atomic E-state index is 0.309. The summed E-state index contributed by atoms with van der Waals surface area (Å²) in [5.41, 5.74) is 0.309. The second-order valence-electron chi connectivity index (χ2n) is 3.68. The Hall–Kier alpha value is -1.34. The fraction of sp³-hybridized carbons (Fsp3) is 0.400. The number of nitrogens with one attached hydrogen (secondary N) is 1. The molecule has 0 bridgehead atoms. The van der Waals surface area contributed by atoms with Crippen LogP contribution in [0.4, 0.5) is 0 Å². The molecule has 0 aliphatic heterocycles. The van der Waals surface area contributed by atoms with E-state index < -0.39 is 24.0 Å². The molecule has 0 spiro atoms. The lowest BCUT2D eigenvalue weighted by Gasteiger charge is -2.17. The van der Waals surface area contributed by atoms with Crippen LogP contribution in [0.1, 0.15) is 17.4 Å². The number of aliphatic hydroxyl groups excluding tert-OH is 1. The summed E-state index contributed by atoms with van der Waals surface area (Å²) in [6.45, 7) is 1.31. The van der Waals surface area contributed by atoms with Gasteiger partial charge in [0.15, 0.2) is 6.04 Å². The van der Waals surface area contributed by atoms with Crippen LogP contribution in [0.25, 0.3) is 0 Å². The number of amides is 1. The molecule has 6 nitrogen and oxygen atoms in total. The molecule has 0 fully saturated rings. The number of halogens is 1. The number of aromatic nitrogens is 1. The van der Waals surface area contributed by atoms with Crippen LogP contribution in [0.2, 0.25) is 0 Å². The predicted molar refractivity (Wildman–Crippen MR) is 63.7 cm³/mol. The van der Waals surface area contributed by atoms with Crippen molar-refractivity contribution in [1.29, 1.82) is 0 Å². The first-order valence-corrected chi connectivity index (χ1v) is 5.66. The van der Waals surface area contributed by atoms with Crippen molar-refractivity contribution in [1.82, 2.24) is 9.88 Å². The molecule has 1 aromatic heterocycles. The minimum atomic E-state index is -1.32. The average Bonchev–Trinajstić information content (AvgIpc) is 2.53. The van der Waals surface area contributed by atoms with Gasteiger partial charge in [-0.2, -0.15) is 0 Å². The zero-order chi connectivity index (χ0) is 13.2. The van der Waals surface area contributed by atoms with Crippen LogP contribution in [0, 0.1) is 0 Å². The molecule has 0 saturated carbocycles. The number of carbonyl (C=O) groups is 2. The SMILES string of the molecule is C[C@@H](O)[C@H](NC(=O)c1cc(Br)cn1C)C(=O)O. The quantitative estimate of drug-likeness (QED) is 0.748. The van der Waals surface area contributed by atoms with Crippen molar-refractivity contribution in [3.8, 4) is 0 Å². The molecule has 0 aliphatic rings. The van der Waals surface area contributed by atoms with Crippen LogP contribution < -0.4 is 5.32 Å². The Morgan fingerprint density at radius 2 is 2.12 bits per heavy atom. The van der Waals surface area contributed by atoms with Gasteiger partial charge in [0.25, 0.3) is 5.91 Å². The van der Waals surface area contributed by atoms with Gasteiger partial charge in [-0.25, -0.2) is 4.79 Å². The van der Waals surface area contributed by atoms with Gasteiger partial charge in [-0.3, -0.25) is 4.79 Å². The molecule has 7 heteroatoms. The van der Waals surface area contributed by atoms with E-state index in [-0.39, 0.29) is 0 Å². The number of rotatable bonds is 4. The summed E-state index contributed by atoms with van der Waals surface area (Å²) in [4.78, 5) is 22.6. The van der Waals surface area contributed by atoms with Gasteiger partial charge in [0.05, 0.1) is 6.10 Å². The maximum atomic E-state index is 11.8. The molecule has 0 unspecified atom stereocenters. The number of nitrogens with zero attached hydrogens (tertiary/aromatic N) is 1. The molecular weight excluding hydrogens is 292 g/mol. The predicted octanol–water partition coefficient (Wildman–Crippen LogP) is 0.351. The van der Waals surface area contributed by atoms with E-state index in [4.69, 9.17) is 5.11 Å². The zero-order valence-electron chi connectivity index (χ0n) is 9.35. The lowest BCUT2D eigenvalue weighted by molar-refractivity contribution is -0.141. The Morgan fingerprint density at radius 3 is 2.47 bits per heavy atom. The maximum absolute atomic E-state index is 11.8. The number of hydrogen-bond acceptors (Lipinski definition) is 3. The highest BCUT2D eigenvalue weighted by molar-refractivity contribution is 9.10. The molecule has 0 radical (unpaired) electrons. The Balaban J connectivity index is 2.85. The lowest BCUT2D eigenvalue weighted by atomic mass is 10.2. The van der Waals surface area contributed by atoms with Gasteiger partial charge in [-0.15, -0.1) is 0 Å². The third-order valence-electron chi connectivity index (χ3n) is 2.24. The first-order chi connectivity index (χ1) is 7.82. The van der Waals surface area contributed by atoms with Crippen molar-refractivity contribution in [2.45, 2.75) is 19.1 Å². The molecule has 17 heavy (non-hydrogen) atoms. The van der Waals surface area contributed by atoms with Gasteiger partial charge in [0.1, 0.15) is 5.69 Å². The number of aliphatic hydroxyl groups is 1. The molecule has 0 aromatic carbocycles. The van der Waals surface area contributed by atoms with Gasteiger partial charge in [-0.1, -0.05) is 0 Å². The maximum Gasteiger partial charge on any atom is 0.328 e. The van der Waals surface area contributed by atoms with Gasteiger partial charge < -0.3 is 20.1 Å². The van der Waals surface area contributed by atoms with Crippen molar-refractivity contribution in [2.75, 3.05) is 0 Å². The highest BCUT2D eigenvalue weighted by Gasteiger charge is 2.26. The van der Waals surface area contributed by atoms with Crippen molar-refractivity contribution < 1.29 is 19.8 Å². The molecule has 1 rings (SSSR count). The smallest absolute Gasteiger partial charge is 0.328 e. The van der Waals surface area contributed by atoms with E-state index >= 15 is 0 Å². The van der Waals surface area contributed by atoms with Crippen LogP contribution in [0.3, 0.4) is 0 Å². The van der Waals surface area contributed by atoms with Crippen LogP contribution in [-0.2, 0) is 11.8 Å². The van der Waals surface area contributed by atoms with E-state index in [0.29, 0.717) is 10.2 Å². The van der Waals surface area contributed by atoms with E-state index in [1.165, 1.54) is 6.92 Å². The van der Waals surface area contributed by atoms with Crippen molar-refractivity contribution in [2.24, 2.45) is 7.05 Å². The van der Waals surface area contributed by atoms with Gasteiger partial charge in [-0.05, 0) is 28.9 Å². The molecule has 2 atom stereocenters. The van der Waals surface area contributed by atoms with E-state index in [1.807, 2.05) is 0 Å². The molecule has 3 N–H and O–H groups in total. The normalized spacial score (nSPS) is 14.1. The third-order valence-corrected chi connectivity index (χ3v) is 2.67. The topological polar surface area (TPSA) is 91.6 Å². The number of carboxylic acid groups (broad SMARTS) is 1. The molecular formula is C10H13BrN2O4. The number of hydrogen-bond donors (Lipinski definition) is 3. The van der Waals surface area contributed by atoms with E-state index in [9.17, 15) is 14.7 Å². The highest BCUT2D eigenvalue weighted by Crippen LogP contribution is 2.13. The van der Waals surface area contributed by atoms with E-state index in [0.717, 1.165) is 0 Å². The van der Waals surface area contributed by atoms with Crippen LogP contribution in [0.15, 0.2) is 16.7 Å². The van der Waals surface area contributed by atoms with Gasteiger partial charge in [0, 0.05) is 17.7 Å². The monoisotopic (exact) mass is 304 g/mol. The Morgan fingerprint density at radius 1 is 1.53 bits per heavy atom. The fourth-order valence-electron chi connectivity index (χ4n) is 1.35. The third kappa shape index (κ3) is 3.31. The van der Waals surface area contributed by atoms with Crippen LogP contribution in [-0.4, -0.2) is 38.8 Å². The van der Waals surface area contributed by atoms with E-state index in [2.05, 4.69) is 21.2 Å². The minimum Gasteiger partial charge on any atom is -0.480 e. The average molecular weight is 305 g/mol. The summed E-state index contributed by atoms with van der Waals surface area (Å²) >= 11 is 3.21. The molecule has 1 amide bonds. The van der Waals surface area contributed by atoms with Crippen molar-refractivity contribution in [3.05, 3.63) is 22.4 Å². The lowest BCUT2D eigenvalue weighted by Crippen LogP contribution is -2.48. The summed E-state index contributed by atoms with van der Waals surface area (Å²) < 4.78 is 2.27. The summed E-state index contributed by atoms with van der Waals surface area (Å²) in [7, 11) is 1.66. The standard InChI is InChI=1S/C10H13BrN2O4/c1-5(14)8(10(16)17)12-9(15)7-3-6(11)4-13(7)2/h3-5,8,14H,1-2H3,(H,12,15)(H,16,17)/t5-,8+/m1/s1. The van der Waals surface area contributed by atoms with Crippen molar-refractivity contribution in [3.63, 3.8) is 0 Å². The number of carbonyl (C=O) groups excluding carboxylic acids is 1. The van der Waals surface area contributed by atoms with Gasteiger partial charge >= 0.3 is 5.97 Å². The Kier molecular flexibility index (Phi) is 4.30. The summed E-state index contributed by atoms with van der Waals surface area (Å²) in [6.07, 6.45) is 0.507. The second kappa shape index (κ2) is 5.33. The summed E-state index contributed by atoms with van der Waals surface area (Å²) in [5, 5.41) is 20.3. The molecule has 1 heterocycles. The largest absolute Gasteiger partial charge is 0.480 e. The summed E-state index contributed by atoms with van der Waals surface area (Å²) in [6, 6.07) is 0.243. The number of aliphatic carboxylic acids is 1. The molecule has 94 valence electrons. The number of carboxylic acids is 1. The molecule has 1 aromatic rings. The van der Waals surface area contributed by atoms with Gasteiger partial charge in [0.2, 0.25) is 0 Å². The number of aryl methyl sites for hydroxylation is 1. The Bertz CT molecular complexity index is 442. The summed E-state index contributed by atoms with van der Waals surface area (Å²) in [5.74, 6) is -1.83. The first kappa shape index (κ1) is 13.7. The molecule has 0 saturated heterocycles. The first-order valence-electron chi connectivity index (χ1n) is 4.86. The zero-order valence-corrected chi connectivity index (χ0v) is 10.9. The van der Waals surface area contributed by atoms with Crippen molar-refractivity contribution >= 4 is 27.8 Å². The van der Waals surface area contributed by atoms with Crippen LogP contribution >= 0.6 is 15.9 Å².